The number of hydrogen-bond donors (Lipinski definition) is 1. The number of benzene rings is 1. The lowest BCUT2D eigenvalue weighted by Gasteiger charge is -2.12. The van der Waals surface area contributed by atoms with Crippen LogP contribution in [0.25, 0.3) is 11.3 Å². The Balaban J connectivity index is 1.85. The van der Waals surface area contributed by atoms with Gasteiger partial charge in [0.2, 0.25) is 0 Å². The fourth-order valence-corrected chi connectivity index (χ4v) is 2.26. The van der Waals surface area contributed by atoms with Crippen molar-refractivity contribution in [2.45, 2.75) is 12.8 Å². The van der Waals surface area contributed by atoms with E-state index in [1.165, 1.54) is 18.2 Å². The first-order valence-corrected chi connectivity index (χ1v) is 6.40. The predicted octanol–water partition coefficient (Wildman–Crippen LogP) is 2.42. The fraction of sp³-hybridized carbons (Fsp3) is 0.286. The van der Waals surface area contributed by atoms with Crippen molar-refractivity contribution in [3.63, 3.8) is 0 Å². The first-order chi connectivity index (χ1) is 9.65. The van der Waals surface area contributed by atoms with Gasteiger partial charge in [0.1, 0.15) is 0 Å². The lowest BCUT2D eigenvalue weighted by atomic mass is 10.1. The minimum Gasteiger partial charge on any atom is -0.505 e. The molecule has 1 amide bonds. The summed E-state index contributed by atoms with van der Waals surface area (Å²) < 4.78 is 18.1. The summed E-state index contributed by atoms with van der Waals surface area (Å²) in [6.45, 7) is 1.47. The number of halogens is 1. The lowest BCUT2D eigenvalue weighted by Crippen LogP contribution is -2.27. The normalized spacial score (nSPS) is 14.8. The number of aromatic nitrogens is 1. The van der Waals surface area contributed by atoms with Crippen LogP contribution in [0.3, 0.4) is 0 Å². The van der Waals surface area contributed by atoms with Gasteiger partial charge < -0.3 is 14.5 Å². The number of hydrogen-bond acceptors (Lipinski definition) is 4. The summed E-state index contributed by atoms with van der Waals surface area (Å²) in [7, 11) is 0. The Hall–Kier alpha value is -2.37. The Labute approximate surface area is 114 Å². The molecule has 1 fully saturated rings. The van der Waals surface area contributed by atoms with Gasteiger partial charge in [-0.15, -0.1) is 0 Å². The van der Waals surface area contributed by atoms with Crippen molar-refractivity contribution in [1.82, 2.24) is 10.1 Å². The summed E-state index contributed by atoms with van der Waals surface area (Å²) in [6.07, 6.45) is 2.00. The molecule has 1 aromatic carbocycles. The van der Waals surface area contributed by atoms with Gasteiger partial charge in [-0.25, -0.2) is 4.39 Å². The SMILES string of the molecule is O=C(c1cc(-c2ccc(F)c(O)c2)on1)N1CCCC1. The molecule has 20 heavy (non-hydrogen) atoms. The molecule has 1 saturated heterocycles. The quantitative estimate of drug-likeness (QED) is 0.914. The molecule has 1 N–H and O–H groups in total. The Kier molecular flexibility index (Phi) is 3.14. The van der Waals surface area contributed by atoms with Gasteiger partial charge in [0.15, 0.2) is 23.0 Å². The summed E-state index contributed by atoms with van der Waals surface area (Å²) in [5, 5.41) is 13.1. The van der Waals surface area contributed by atoms with Crippen LogP contribution in [-0.2, 0) is 0 Å². The fourth-order valence-electron chi connectivity index (χ4n) is 2.26. The van der Waals surface area contributed by atoms with E-state index < -0.39 is 11.6 Å². The van der Waals surface area contributed by atoms with Crippen molar-refractivity contribution in [3.8, 4) is 17.1 Å². The highest BCUT2D eigenvalue weighted by atomic mass is 19.1. The third-order valence-corrected chi connectivity index (χ3v) is 3.35. The molecular formula is C14H13FN2O3. The Morgan fingerprint density at radius 2 is 2.05 bits per heavy atom. The number of aromatic hydroxyl groups is 1. The molecule has 5 nitrogen and oxygen atoms in total. The molecule has 0 aliphatic carbocycles. The number of rotatable bonds is 2. The molecule has 3 rings (SSSR count). The van der Waals surface area contributed by atoms with Gasteiger partial charge in [-0.05, 0) is 31.0 Å². The van der Waals surface area contributed by atoms with Crippen LogP contribution in [0, 0.1) is 5.82 Å². The summed E-state index contributed by atoms with van der Waals surface area (Å²) in [4.78, 5) is 13.8. The minimum absolute atomic E-state index is 0.163. The second-order valence-corrected chi connectivity index (χ2v) is 4.74. The van der Waals surface area contributed by atoms with Gasteiger partial charge in [0.25, 0.3) is 5.91 Å². The van der Waals surface area contributed by atoms with Gasteiger partial charge in [-0.2, -0.15) is 0 Å². The van der Waals surface area contributed by atoms with Crippen LogP contribution in [0.4, 0.5) is 4.39 Å². The molecule has 6 heteroatoms. The van der Waals surface area contributed by atoms with Crippen LogP contribution < -0.4 is 0 Å². The topological polar surface area (TPSA) is 66.6 Å². The maximum Gasteiger partial charge on any atom is 0.276 e. The molecule has 0 atom stereocenters. The van der Waals surface area contributed by atoms with E-state index in [0.29, 0.717) is 11.3 Å². The van der Waals surface area contributed by atoms with Crippen LogP contribution in [0.1, 0.15) is 23.3 Å². The van der Waals surface area contributed by atoms with Crippen molar-refractivity contribution in [2.75, 3.05) is 13.1 Å². The molecule has 0 spiro atoms. The first kappa shape index (κ1) is 12.7. The van der Waals surface area contributed by atoms with Gasteiger partial charge in [0.05, 0.1) is 0 Å². The number of amides is 1. The molecule has 0 unspecified atom stereocenters. The van der Waals surface area contributed by atoms with E-state index in [0.717, 1.165) is 32.0 Å². The van der Waals surface area contributed by atoms with E-state index in [1.54, 1.807) is 4.90 Å². The van der Waals surface area contributed by atoms with E-state index in [-0.39, 0.29) is 11.6 Å². The maximum absolute atomic E-state index is 13.0. The van der Waals surface area contributed by atoms with Crippen molar-refractivity contribution in [2.24, 2.45) is 0 Å². The highest BCUT2D eigenvalue weighted by molar-refractivity contribution is 5.93. The number of phenolic OH excluding ortho intramolecular Hbond substituents is 1. The summed E-state index contributed by atoms with van der Waals surface area (Å²) in [5.74, 6) is -1.01. The second kappa shape index (κ2) is 4.96. The number of likely N-dealkylation sites (tertiary alicyclic amines) is 1. The molecule has 0 radical (unpaired) electrons. The molecule has 1 aliphatic heterocycles. The summed E-state index contributed by atoms with van der Waals surface area (Å²) in [6, 6.07) is 5.34. The standard InChI is InChI=1S/C14H13FN2O3/c15-10-4-3-9(7-12(10)18)13-8-11(16-20-13)14(19)17-5-1-2-6-17/h3-4,7-8,18H,1-2,5-6H2. The van der Waals surface area contributed by atoms with Crippen LogP contribution >= 0.6 is 0 Å². The molecule has 0 saturated carbocycles. The molecule has 1 aromatic heterocycles. The molecular weight excluding hydrogens is 263 g/mol. The Morgan fingerprint density at radius 3 is 2.75 bits per heavy atom. The van der Waals surface area contributed by atoms with Crippen LogP contribution in [0.15, 0.2) is 28.8 Å². The zero-order valence-electron chi connectivity index (χ0n) is 10.7. The number of phenols is 1. The molecule has 1 aliphatic rings. The van der Waals surface area contributed by atoms with E-state index in [2.05, 4.69) is 5.16 Å². The third-order valence-electron chi connectivity index (χ3n) is 3.35. The van der Waals surface area contributed by atoms with Gasteiger partial charge in [-0.3, -0.25) is 4.79 Å². The van der Waals surface area contributed by atoms with E-state index in [1.807, 2.05) is 0 Å². The highest BCUT2D eigenvalue weighted by Crippen LogP contribution is 2.26. The Morgan fingerprint density at radius 1 is 1.30 bits per heavy atom. The highest BCUT2D eigenvalue weighted by Gasteiger charge is 2.23. The van der Waals surface area contributed by atoms with E-state index >= 15 is 0 Å². The maximum atomic E-state index is 13.0. The van der Waals surface area contributed by atoms with Crippen LogP contribution in [0.2, 0.25) is 0 Å². The summed E-state index contributed by atoms with van der Waals surface area (Å²) >= 11 is 0. The number of carbonyl (C=O) groups is 1. The molecule has 2 heterocycles. The van der Waals surface area contributed by atoms with Gasteiger partial charge >= 0.3 is 0 Å². The van der Waals surface area contributed by atoms with Gasteiger partial charge in [0, 0.05) is 24.7 Å². The summed E-state index contributed by atoms with van der Waals surface area (Å²) in [5.41, 5.74) is 0.697. The lowest BCUT2D eigenvalue weighted by molar-refractivity contribution is 0.0782. The van der Waals surface area contributed by atoms with Crippen molar-refractivity contribution in [1.29, 1.82) is 0 Å². The Bertz CT molecular complexity index is 648. The molecule has 0 bridgehead atoms. The largest absolute Gasteiger partial charge is 0.505 e. The average molecular weight is 276 g/mol. The zero-order valence-corrected chi connectivity index (χ0v) is 10.7. The van der Waals surface area contributed by atoms with Crippen LogP contribution in [-0.4, -0.2) is 34.2 Å². The number of carbonyl (C=O) groups excluding carboxylic acids is 1. The monoisotopic (exact) mass is 276 g/mol. The van der Waals surface area contributed by atoms with Crippen molar-refractivity contribution in [3.05, 3.63) is 35.8 Å². The van der Waals surface area contributed by atoms with E-state index in [4.69, 9.17) is 4.52 Å². The molecule has 104 valence electrons. The van der Waals surface area contributed by atoms with E-state index in [9.17, 15) is 14.3 Å². The van der Waals surface area contributed by atoms with Crippen molar-refractivity contribution < 1.29 is 18.8 Å². The van der Waals surface area contributed by atoms with Crippen molar-refractivity contribution >= 4 is 5.91 Å². The third kappa shape index (κ3) is 2.24. The predicted molar refractivity (Wildman–Crippen MR) is 68.7 cm³/mol. The number of nitrogens with zero attached hydrogens (tertiary/aromatic N) is 2. The minimum atomic E-state index is -0.707. The van der Waals surface area contributed by atoms with Gasteiger partial charge in [-0.1, -0.05) is 5.16 Å². The van der Waals surface area contributed by atoms with Crippen LogP contribution in [0.5, 0.6) is 5.75 Å². The average Bonchev–Trinajstić information content (AvgIpc) is 3.11. The smallest absolute Gasteiger partial charge is 0.276 e. The molecule has 2 aromatic rings. The second-order valence-electron chi connectivity index (χ2n) is 4.74. The first-order valence-electron chi connectivity index (χ1n) is 6.40. The zero-order chi connectivity index (χ0) is 14.1.